The maximum absolute atomic E-state index is 13.7. The number of unbranched alkanes of at least 4 members (excludes halogenated alkanes) is 6. The summed E-state index contributed by atoms with van der Waals surface area (Å²) in [6.45, 7) is 9.58. The van der Waals surface area contributed by atoms with E-state index in [9.17, 15) is 24.0 Å². The van der Waals surface area contributed by atoms with Crippen LogP contribution >= 0.6 is 0 Å². The van der Waals surface area contributed by atoms with Crippen LogP contribution in [0.15, 0.2) is 0 Å². The summed E-state index contributed by atoms with van der Waals surface area (Å²) in [5, 5.41) is 0. The average Bonchev–Trinajstić information content (AvgIpc) is 2.87. The van der Waals surface area contributed by atoms with Crippen LogP contribution in [0.4, 0.5) is 0 Å². The Morgan fingerprint density at radius 3 is 1.39 bits per heavy atom. The minimum absolute atomic E-state index is 0.0134. The minimum Gasteiger partial charge on any atom is -0.466 e. The highest BCUT2D eigenvalue weighted by Gasteiger charge is 2.65. The first-order chi connectivity index (χ1) is 18.2. The third-order valence-corrected chi connectivity index (χ3v) is 6.24. The Labute approximate surface area is 227 Å². The molecule has 0 aromatic heterocycles. The lowest BCUT2D eigenvalue weighted by atomic mass is 9.63. The van der Waals surface area contributed by atoms with Crippen molar-refractivity contribution in [1.82, 2.24) is 0 Å². The van der Waals surface area contributed by atoms with Crippen molar-refractivity contribution in [3.63, 3.8) is 0 Å². The molecule has 38 heavy (non-hydrogen) atoms. The molecule has 0 amide bonds. The van der Waals surface area contributed by atoms with Crippen LogP contribution in [0, 0.1) is 17.3 Å². The van der Waals surface area contributed by atoms with Gasteiger partial charge in [0.2, 0.25) is 0 Å². The second kappa shape index (κ2) is 20.3. The molecule has 2 unspecified atom stereocenters. The summed E-state index contributed by atoms with van der Waals surface area (Å²) >= 11 is 0. The molecule has 0 aromatic carbocycles. The standard InChI is InChI=1S/C28H48O10/c1-7-13-14-15-16-17-18-19-21(24(30)35-9-3)28(26(32)37-11-5,27(33)38-12-6)22(25(31)36-10-4)20-23(29)34-8-2/h21-22H,7-20H2,1-6H3. The minimum atomic E-state index is -2.50. The zero-order valence-electron chi connectivity index (χ0n) is 24.1. The lowest BCUT2D eigenvalue weighted by Gasteiger charge is -2.39. The van der Waals surface area contributed by atoms with Crippen molar-refractivity contribution in [1.29, 1.82) is 0 Å². The molecule has 0 heterocycles. The number of carbonyl (C=O) groups excluding carboxylic acids is 5. The highest BCUT2D eigenvalue weighted by atomic mass is 16.6. The lowest BCUT2D eigenvalue weighted by molar-refractivity contribution is -0.196. The Balaban J connectivity index is 6.85. The summed E-state index contributed by atoms with van der Waals surface area (Å²) in [6.07, 6.45) is 5.85. The fraction of sp³-hybridized carbons (Fsp3) is 0.821. The van der Waals surface area contributed by atoms with Crippen LogP contribution in [0.1, 0.15) is 99.3 Å². The molecule has 220 valence electrons. The van der Waals surface area contributed by atoms with Gasteiger partial charge >= 0.3 is 29.8 Å². The first-order valence-electron chi connectivity index (χ1n) is 14.1. The third-order valence-electron chi connectivity index (χ3n) is 6.24. The second-order valence-corrected chi connectivity index (χ2v) is 8.84. The summed E-state index contributed by atoms with van der Waals surface area (Å²) in [4.78, 5) is 66.8. The van der Waals surface area contributed by atoms with Gasteiger partial charge in [-0.05, 0) is 41.0 Å². The molecule has 0 fully saturated rings. The maximum atomic E-state index is 13.7. The highest BCUT2D eigenvalue weighted by molar-refractivity contribution is 6.08. The second-order valence-electron chi connectivity index (χ2n) is 8.84. The molecule has 0 aliphatic rings. The molecule has 10 nitrogen and oxygen atoms in total. The van der Waals surface area contributed by atoms with E-state index < -0.39 is 53.5 Å². The van der Waals surface area contributed by atoms with E-state index in [1.807, 2.05) is 0 Å². The van der Waals surface area contributed by atoms with Crippen molar-refractivity contribution in [3.05, 3.63) is 0 Å². The summed E-state index contributed by atoms with van der Waals surface area (Å²) in [7, 11) is 0. The van der Waals surface area contributed by atoms with E-state index >= 15 is 0 Å². The molecule has 0 saturated carbocycles. The van der Waals surface area contributed by atoms with Crippen LogP contribution in [-0.4, -0.2) is 62.9 Å². The first kappa shape index (κ1) is 35.4. The zero-order valence-corrected chi connectivity index (χ0v) is 24.1. The van der Waals surface area contributed by atoms with E-state index in [4.69, 9.17) is 23.7 Å². The van der Waals surface area contributed by atoms with Gasteiger partial charge in [0, 0.05) is 0 Å². The number of carbonyl (C=O) groups is 5. The average molecular weight is 545 g/mol. The van der Waals surface area contributed by atoms with Gasteiger partial charge in [-0.3, -0.25) is 24.0 Å². The van der Waals surface area contributed by atoms with Gasteiger partial charge in [-0.15, -0.1) is 0 Å². The number of rotatable bonds is 21. The molecular formula is C28H48O10. The predicted molar refractivity (Wildman–Crippen MR) is 140 cm³/mol. The predicted octanol–water partition coefficient (Wildman–Crippen LogP) is 4.55. The topological polar surface area (TPSA) is 132 Å². The zero-order chi connectivity index (χ0) is 29.0. The molecule has 10 heteroatoms. The van der Waals surface area contributed by atoms with E-state index in [-0.39, 0.29) is 39.5 Å². The van der Waals surface area contributed by atoms with Crippen molar-refractivity contribution in [3.8, 4) is 0 Å². The molecule has 0 aromatic rings. The quantitative estimate of drug-likeness (QED) is 0.0877. The fourth-order valence-corrected chi connectivity index (χ4v) is 4.54. The van der Waals surface area contributed by atoms with Gasteiger partial charge in [-0.25, -0.2) is 0 Å². The number of hydrogen-bond donors (Lipinski definition) is 0. The van der Waals surface area contributed by atoms with Gasteiger partial charge < -0.3 is 23.7 Å². The molecular weight excluding hydrogens is 496 g/mol. The van der Waals surface area contributed by atoms with Crippen LogP contribution in [0.3, 0.4) is 0 Å². The van der Waals surface area contributed by atoms with Crippen molar-refractivity contribution in [2.75, 3.05) is 33.0 Å². The van der Waals surface area contributed by atoms with Crippen molar-refractivity contribution in [2.45, 2.75) is 99.3 Å². The molecule has 0 spiro atoms. The molecule has 0 rings (SSSR count). The van der Waals surface area contributed by atoms with Crippen molar-refractivity contribution in [2.24, 2.45) is 17.3 Å². The fourth-order valence-electron chi connectivity index (χ4n) is 4.54. The van der Waals surface area contributed by atoms with E-state index in [1.165, 1.54) is 13.8 Å². The summed E-state index contributed by atoms with van der Waals surface area (Å²) in [5.74, 6) is -8.13. The van der Waals surface area contributed by atoms with Gasteiger partial charge in [0.05, 0.1) is 51.3 Å². The molecule has 0 aliphatic carbocycles. The Morgan fingerprint density at radius 2 is 0.947 bits per heavy atom. The van der Waals surface area contributed by atoms with Gasteiger partial charge in [0.25, 0.3) is 0 Å². The summed E-state index contributed by atoms with van der Waals surface area (Å²) in [5.41, 5.74) is -2.50. The molecule has 0 N–H and O–H groups in total. The normalized spacial score (nSPS) is 12.7. The summed E-state index contributed by atoms with van der Waals surface area (Å²) in [6, 6.07) is 0. The Hall–Kier alpha value is -2.65. The van der Waals surface area contributed by atoms with Gasteiger partial charge in [0.15, 0.2) is 5.41 Å². The van der Waals surface area contributed by atoms with Gasteiger partial charge in [-0.1, -0.05) is 51.9 Å². The third kappa shape index (κ3) is 10.6. The molecule has 0 radical (unpaired) electrons. The van der Waals surface area contributed by atoms with Gasteiger partial charge in [0.1, 0.15) is 0 Å². The lowest BCUT2D eigenvalue weighted by Crippen LogP contribution is -2.58. The first-order valence-corrected chi connectivity index (χ1v) is 14.1. The molecule has 0 aliphatic heterocycles. The molecule has 0 saturated heterocycles. The van der Waals surface area contributed by atoms with Crippen molar-refractivity contribution < 1.29 is 47.7 Å². The van der Waals surface area contributed by atoms with Crippen LogP contribution in [0.25, 0.3) is 0 Å². The van der Waals surface area contributed by atoms with E-state index in [0.29, 0.717) is 6.42 Å². The van der Waals surface area contributed by atoms with Crippen LogP contribution < -0.4 is 0 Å². The van der Waals surface area contributed by atoms with Crippen LogP contribution in [-0.2, 0) is 47.7 Å². The Kier molecular flexibility index (Phi) is 18.9. The smallest absolute Gasteiger partial charge is 0.325 e. The largest absolute Gasteiger partial charge is 0.466 e. The molecule has 2 atom stereocenters. The van der Waals surface area contributed by atoms with E-state index in [0.717, 1.165) is 38.5 Å². The highest BCUT2D eigenvalue weighted by Crippen LogP contribution is 2.45. The number of hydrogen-bond acceptors (Lipinski definition) is 10. The van der Waals surface area contributed by atoms with E-state index in [2.05, 4.69) is 6.92 Å². The maximum Gasteiger partial charge on any atom is 0.325 e. The number of ether oxygens (including phenoxy) is 5. The van der Waals surface area contributed by atoms with Crippen LogP contribution in [0.5, 0.6) is 0 Å². The number of esters is 5. The molecule has 0 bridgehead atoms. The Bertz CT molecular complexity index is 715. The summed E-state index contributed by atoms with van der Waals surface area (Å²) < 4.78 is 26.1. The van der Waals surface area contributed by atoms with E-state index in [1.54, 1.807) is 20.8 Å². The Morgan fingerprint density at radius 1 is 0.526 bits per heavy atom. The van der Waals surface area contributed by atoms with Crippen molar-refractivity contribution >= 4 is 29.8 Å². The van der Waals surface area contributed by atoms with Gasteiger partial charge in [-0.2, -0.15) is 0 Å². The van der Waals surface area contributed by atoms with Crippen LogP contribution in [0.2, 0.25) is 0 Å². The monoisotopic (exact) mass is 544 g/mol. The SMILES string of the molecule is CCCCCCCCCC(C(=O)OCC)C(C(=O)OCC)(C(=O)OCC)C(CC(=O)OCC)C(=O)OCC.